The van der Waals surface area contributed by atoms with Gasteiger partial charge >= 0.3 is 5.97 Å². The summed E-state index contributed by atoms with van der Waals surface area (Å²) in [5.41, 5.74) is 0. The Morgan fingerprint density at radius 2 is 2.21 bits per heavy atom. The molecule has 1 aliphatic rings. The second kappa shape index (κ2) is 4.26. The van der Waals surface area contributed by atoms with Crippen LogP contribution >= 0.6 is 0 Å². The number of methoxy groups -OCH3 is 1. The molecule has 0 spiro atoms. The Morgan fingerprint density at radius 3 is 2.57 bits per heavy atom. The van der Waals surface area contributed by atoms with Gasteiger partial charge in [0.15, 0.2) is 0 Å². The van der Waals surface area contributed by atoms with Crippen LogP contribution in [0.4, 0.5) is 0 Å². The third-order valence-electron chi connectivity index (χ3n) is 2.26. The van der Waals surface area contributed by atoms with E-state index < -0.39 is 6.04 Å². The second-order valence-corrected chi connectivity index (χ2v) is 3.60. The summed E-state index contributed by atoms with van der Waals surface area (Å²) >= 11 is 0. The maximum Gasteiger partial charge on any atom is 0.328 e. The molecule has 0 aromatic carbocycles. The third-order valence-corrected chi connectivity index (χ3v) is 2.26. The smallest absolute Gasteiger partial charge is 0.328 e. The first kappa shape index (κ1) is 10.8. The van der Waals surface area contributed by atoms with E-state index in [-0.39, 0.29) is 17.8 Å². The molecule has 1 heterocycles. The Bertz CT molecular complexity index is 271. The fourth-order valence-electron chi connectivity index (χ4n) is 1.58. The van der Waals surface area contributed by atoms with Crippen LogP contribution in [-0.4, -0.2) is 36.5 Å². The number of hydrogen-bond acceptors (Lipinski definition) is 3. The maximum absolute atomic E-state index is 11.4. The van der Waals surface area contributed by atoms with Gasteiger partial charge in [0.25, 0.3) is 0 Å². The molecule has 1 rings (SSSR count). The number of carbonyl (C=O) groups is 2. The molecule has 0 saturated heterocycles. The topological polar surface area (TPSA) is 46.6 Å². The highest BCUT2D eigenvalue weighted by Gasteiger charge is 2.33. The van der Waals surface area contributed by atoms with Crippen LogP contribution < -0.4 is 0 Å². The van der Waals surface area contributed by atoms with Crippen molar-refractivity contribution in [2.75, 3.05) is 13.7 Å². The SMILES string of the molecule is COC(=O)C(C(C)C)N1CC=CC1=O. The van der Waals surface area contributed by atoms with Crippen LogP contribution in [-0.2, 0) is 14.3 Å². The summed E-state index contributed by atoms with van der Waals surface area (Å²) in [4.78, 5) is 24.3. The highest BCUT2D eigenvalue weighted by Crippen LogP contribution is 2.16. The molecular formula is C10H15NO3. The van der Waals surface area contributed by atoms with Gasteiger partial charge < -0.3 is 9.64 Å². The van der Waals surface area contributed by atoms with Crippen LogP contribution in [0.25, 0.3) is 0 Å². The van der Waals surface area contributed by atoms with E-state index in [2.05, 4.69) is 4.74 Å². The lowest BCUT2D eigenvalue weighted by molar-refractivity contribution is -0.152. The monoisotopic (exact) mass is 197 g/mol. The van der Waals surface area contributed by atoms with E-state index in [9.17, 15) is 9.59 Å². The van der Waals surface area contributed by atoms with Gasteiger partial charge in [0, 0.05) is 12.6 Å². The van der Waals surface area contributed by atoms with Gasteiger partial charge in [0.2, 0.25) is 5.91 Å². The molecule has 0 radical (unpaired) electrons. The van der Waals surface area contributed by atoms with Crippen molar-refractivity contribution in [1.82, 2.24) is 4.90 Å². The molecule has 0 bridgehead atoms. The van der Waals surface area contributed by atoms with E-state index >= 15 is 0 Å². The lowest BCUT2D eigenvalue weighted by atomic mass is 10.0. The fraction of sp³-hybridized carbons (Fsp3) is 0.600. The molecule has 0 aromatic rings. The molecule has 1 atom stereocenters. The van der Waals surface area contributed by atoms with Gasteiger partial charge in [-0.2, -0.15) is 0 Å². The molecule has 0 aliphatic carbocycles. The Morgan fingerprint density at radius 1 is 1.57 bits per heavy atom. The number of amides is 1. The number of carbonyl (C=O) groups excluding carboxylic acids is 2. The van der Waals surface area contributed by atoms with Crippen molar-refractivity contribution in [3.8, 4) is 0 Å². The minimum absolute atomic E-state index is 0.0614. The number of rotatable bonds is 3. The third kappa shape index (κ3) is 1.95. The van der Waals surface area contributed by atoms with E-state index in [1.54, 1.807) is 6.08 Å². The number of hydrogen-bond donors (Lipinski definition) is 0. The molecule has 78 valence electrons. The van der Waals surface area contributed by atoms with E-state index in [1.807, 2.05) is 13.8 Å². The van der Waals surface area contributed by atoms with Crippen molar-refractivity contribution >= 4 is 11.9 Å². The molecule has 0 fully saturated rings. The van der Waals surface area contributed by atoms with Gasteiger partial charge in [-0.05, 0) is 5.92 Å². The van der Waals surface area contributed by atoms with Crippen LogP contribution in [0.1, 0.15) is 13.8 Å². The predicted molar refractivity (Wildman–Crippen MR) is 51.5 cm³/mol. The zero-order valence-electron chi connectivity index (χ0n) is 8.69. The predicted octanol–water partition coefficient (Wildman–Crippen LogP) is 0.582. The average Bonchev–Trinajstić information content (AvgIpc) is 2.52. The maximum atomic E-state index is 11.4. The summed E-state index contributed by atoms with van der Waals surface area (Å²) < 4.78 is 4.67. The zero-order chi connectivity index (χ0) is 10.7. The Kier molecular flexibility index (Phi) is 3.28. The van der Waals surface area contributed by atoms with Crippen molar-refractivity contribution in [2.45, 2.75) is 19.9 Å². The van der Waals surface area contributed by atoms with Crippen LogP contribution in [0, 0.1) is 5.92 Å². The zero-order valence-corrected chi connectivity index (χ0v) is 8.69. The summed E-state index contributed by atoms with van der Waals surface area (Å²) in [6.45, 7) is 4.29. The van der Waals surface area contributed by atoms with E-state index in [4.69, 9.17) is 0 Å². The molecule has 0 saturated carbocycles. The Balaban J connectivity index is 2.78. The minimum atomic E-state index is -0.470. The largest absolute Gasteiger partial charge is 0.467 e. The Hall–Kier alpha value is -1.32. The number of nitrogens with zero attached hydrogens (tertiary/aromatic N) is 1. The van der Waals surface area contributed by atoms with Gasteiger partial charge in [-0.3, -0.25) is 4.79 Å². The molecule has 14 heavy (non-hydrogen) atoms. The number of ether oxygens (including phenoxy) is 1. The normalized spacial score (nSPS) is 17.7. The molecule has 1 unspecified atom stereocenters. The van der Waals surface area contributed by atoms with Gasteiger partial charge in [-0.25, -0.2) is 4.79 Å². The van der Waals surface area contributed by atoms with Crippen LogP contribution in [0.5, 0.6) is 0 Å². The van der Waals surface area contributed by atoms with Crippen molar-refractivity contribution in [3.05, 3.63) is 12.2 Å². The molecule has 1 aliphatic heterocycles. The van der Waals surface area contributed by atoms with Crippen molar-refractivity contribution in [1.29, 1.82) is 0 Å². The second-order valence-electron chi connectivity index (χ2n) is 3.60. The number of esters is 1. The van der Waals surface area contributed by atoms with Crippen LogP contribution in [0.2, 0.25) is 0 Å². The lowest BCUT2D eigenvalue weighted by Gasteiger charge is -2.28. The van der Waals surface area contributed by atoms with Gasteiger partial charge in [-0.15, -0.1) is 0 Å². The van der Waals surface area contributed by atoms with Gasteiger partial charge in [-0.1, -0.05) is 19.9 Å². The molecular weight excluding hydrogens is 182 g/mol. The summed E-state index contributed by atoms with van der Waals surface area (Å²) in [6, 6.07) is -0.470. The van der Waals surface area contributed by atoms with Crippen LogP contribution in [0.3, 0.4) is 0 Å². The molecule has 1 amide bonds. The first-order valence-electron chi connectivity index (χ1n) is 4.63. The minimum Gasteiger partial charge on any atom is -0.467 e. The summed E-state index contributed by atoms with van der Waals surface area (Å²) in [6.07, 6.45) is 3.24. The van der Waals surface area contributed by atoms with E-state index in [1.165, 1.54) is 18.1 Å². The standard InChI is InChI=1S/C10H15NO3/c1-7(2)9(10(13)14-3)11-6-4-5-8(11)12/h4-5,7,9H,6H2,1-3H3. The van der Waals surface area contributed by atoms with Gasteiger partial charge in [0.05, 0.1) is 7.11 Å². The fourth-order valence-corrected chi connectivity index (χ4v) is 1.58. The van der Waals surface area contributed by atoms with Gasteiger partial charge in [0.1, 0.15) is 6.04 Å². The highest BCUT2D eigenvalue weighted by molar-refractivity contribution is 5.93. The summed E-state index contributed by atoms with van der Waals surface area (Å²) in [5.74, 6) is -0.405. The highest BCUT2D eigenvalue weighted by atomic mass is 16.5. The van der Waals surface area contributed by atoms with Crippen LogP contribution in [0.15, 0.2) is 12.2 Å². The van der Waals surface area contributed by atoms with Crippen molar-refractivity contribution in [3.63, 3.8) is 0 Å². The molecule has 0 N–H and O–H groups in total. The molecule has 4 nitrogen and oxygen atoms in total. The van der Waals surface area contributed by atoms with E-state index in [0.717, 1.165) is 0 Å². The summed E-state index contributed by atoms with van der Waals surface area (Å²) in [5, 5.41) is 0. The lowest BCUT2D eigenvalue weighted by Crippen LogP contribution is -2.46. The van der Waals surface area contributed by atoms with Crippen molar-refractivity contribution < 1.29 is 14.3 Å². The first-order chi connectivity index (χ1) is 6.57. The summed E-state index contributed by atoms with van der Waals surface area (Å²) in [7, 11) is 1.34. The Labute approximate surface area is 83.5 Å². The average molecular weight is 197 g/mol. The van der Waals surface area contributed by atoms with E-state index in [0.29, 0.717) is 6.54 Å². The molecule has 4 heteroatoms. The molecule has 0 aromatic heterocycles. The first-order valence-corrected chi connectivity index (χ1v) is 4.63. The quantitative estimate of drug-likeness (QED) is 0.622. The van der Waals surface area contributed by atoms with Crippen molar-refractivity contribution in [2.24, 2.45) is 5.92 Å².